The number of anilines is 2. The Morgan fingerprint density at radius 3 is 2.57 bits per heavy atom. The molecule has 0 radical (unpaired) electrons. The van der Waals surface area contributed by atoms with E-state index in [0.717, 1.165) is 43.3 Å². The van der Waals surface area contributed by atoms with E-state index in [1.54, 1.807) is 12.5 Å². The van der Waals surface area contributed by atoms with Crippen LogP contribution >= 0.6 is 0 Å². The van der Waals surface area contributed by atoms with Gasteiger partial charge in [0.15, 0.2) is 0 Å². The zero-order chi connectivity index (χ0) is 15.1. The van der Waals surface area contributed by atoms with Gasteiger partial charge in [0.1, 0.15) is 18.0 Å². The first kappa shape index (κ1) is 15.3. The molecule has 2 rings (SSSR count). The summed E-state index contributed by atoms with van der Waals surface area (Å²) in [5, 5.41) is 10.9. The molecule has 0 saturated carbocycles. The minimum atomic E-state index is 0.369. The van der Waals surface area contributed by atoms with E-state index in [9.17, 15) is 0 Å². The molecule has 0 aromatic carbocycles. The highest BCUT2D eigenvalue weighted by Crippen LogP contribution is 2.28. The van der Waals surface area contributed by atoms with Crippen molar-refractivity contribution in [3.8, 4) is 0 Å². The number of aryl methyl sites for hydroxylation is 1. The average Bonchev–Trinajstić information content (AvgIpc) is 2.97. The van der Waals surface area contributed by atoms with Gasteiger partial charge < -0.3 is 10.6 Å². The molecule has 0 aliphatic heterocycles. The molecule has 0 aliphatic rings. The second-order valence-electron chi connectivity index (χ2n) is 5.22. The Labute approximate surface area is 126 Å². The highest BCUT2D eigenvalue weighted by Gasteiger charge is 2.14. The highest BCUT2D eigenvalue weighted by atomic mass is 15.3. The summed E-state index contributed by atoms with van der Waals surface area (Å²) in [6.45, 7) is 9.02. The number of aromatic nitrogens is 4. The molecule has 2 heterocycles. The van der Waals surface area contributed by atoms with E-state index in [4.69, 9.17) is 0 Å². The number of hydrogen-bond acceptors (Lipinski definition) is 5. The lowest BCUT2D eigenvalue weighted by atomic mass is 10.0. The van der Waals surface area contributed by atoms with Crippen LogP contribution in [0.25, 0.3) is 0 Å². The third-order valence-corrected chi connectivity index (χ3v) is 3.22. The van der Waals surface area contributed by atoms with Gasteiger partial charge in [-0.1, -0.05) is 13.8 Å². The molecule has 0 bridgehead atoms. The lowest BCUT2D eigenvalue weighted by Gasteiger charge is -2.17. The Morgan fingerprint density at radius 1 is 1.19 bits per heavy atom. The minimum absolute atomic E-state index is 0.369. The number of hydrogen-bond donors (Lipinski definition) is 2. The summed E-state index contributed by atoms with van der Waals surface area (Å²) in [5.41, 5.74) is 1.15. The van der Waals surface area contributed by atoms with Gasteiger partial charge in [-0.3, -0.25) is 4.68 Å². The molecule has 0 saturated heterocycles. The van der Waals surface area contributed by atoms with Crippen LogP contribution in [0.15, 0.2) is 24.8 Å². The highest BCUT2D eigenvalue weighted by molar-refractivity contribution is 5.58. The van der Waals surface area contributed by atoms with E-state index in [0.29, 0.717) is 5.92 Å². The maximum Gasteiger partial charge on any atom is 0.134 e. The van der Waals surface area contributed by atoms with Gasteiger partial charge in [-0.15, -0.1) is 0 Å². The molecule has 6 nitrogen and oxygen atoms in total. The minimum Gasteiger partial charge on any atom is -0.370 e. The summed E-state index contributed by atoms with van der Waals surface area (Å²) in [4.78, 5) is 8.74. The van der Waals surface area contributed by atoms with Crippen LogP contribution in [0.2, 0.25) is 0 Å². The van der Waals surface area contributed by atoms with E-state index in [2.05, 4.69) is 46.5 Å². The van der Waals surface area contributed by atoms with Gasteiger partial charge in [0, 0.05) is 37.6 Å². The smallest absolute Gasteiger partial charge is 0.134 e. The fourth-order valence-electron chi connectivity index (χ4n) is 2.27. The van der Waals surface area contributed by atoms with Crippen molar-refractivity contribution in [2.24, 2.45) is 0 Å². The van der Waals surface area contributed by atoms with Crippen LogP contribution < -0.4 is 10.6 Å². The molecule has 2 N–H and O–H groups in total. The quantitative estimate of drug-likeness (QED) is 0.731. The van der Waals surface area contributed by atoms with Crippen molar-refractivity contribution >= 4 is 11.6 Å². The average molecular weight is 288 g/mol. The van der Waals surface area contributed by atoms with Gasteiger partial charge in [-0.2, -0.15) is 5.10 Å². The Kier molecular flexibility index (Phi) is 5.54. The lowest BCUT2D eigenvalue weighted by molar-refractivity contribution is 0.591. The molecule has 2 aromatic heterocycles. The predicted octanol–water partition coefficient (Wildman–Crippen LogP) is 2.73. The van der Waals surface area contributed by atoms with Gasteiger partial charge in [0.25, 0.3) is 0 Å². The molecule has 114 valence electrons. The van der Waals surface area contributed by atoms with Gasteiger partial charge in [-0.25, -0.2) is 9.97 Å². The number of rotatable bonds is 8. The molecule has 21 heavy (non-hydrogen) atoms. The summed E-state index contributed by atoms with van der Waals surface area (Å²) >= 11 is 0. The van der Waals surface area contributed by atoms with Crippen LogP contribution in [-0.4, -0.2) is 32.8 Å². The topological polar surface area (TPSA) is 67.7 Å². The van der Waals surface area contributed by atoms with E-state index in [-0.39, 0.29) is 0 Å². The first-order chi connectivity index (χ1) is 10.2. The molecular weight excluding hydrogens is 264 g/mol. The van der Waals surface area contributed by atoms with Crippen molar-refractivity contribution in [3.63, 3.8) is 0 Å². The van der Waals surface area contributed by atoms with Crippen molar-refractivity contribution in [1.29, 1.82) is 0 Å². The molecular formula is C15H24N6. The molecule has 0 spiro atoms. The van der Waals surface area contributed by atoms with Crippen molar-refractivity contribution in [1.82, 2.24) is 19.7 Å². The largest absolute Gasteiger partial charge is 0.370 e. The van der Waals surface area contributed by atoms with E-state index >= 15 is 0 Å². The van der Waals surface area contributed by atoms with Gasteiger partial charge in [0.05, 0.1) is 0 Å². The molecule has 6 heteroatoms. The molecule has 0 atom stereocenters. The van der Waals surface area contributed by atoms with Crippen molar-refractivity contribution < 1.29 is 0 Å². The van der Waals surface area contributed by atoms with E-state index in [1.807, 2.05) is 16.9 Å². The third-order valence-electron chi connectivity index (χ3n) is 3.22. The molecule has 0 amide bonds. The van der Waals surface area contributed by atoms with Crippen LogP contribution in [0.3, 0.4) is 0 Å². The lowest BCUT2D eigenvalue weighted by Crippen LogP contribution is -2.13. The fourth-order valence-corrected chi connectivity index (χ4v) is 2.27. The molecule has 0 unspecified atom stereocenters. The van der Waals surface area contributed by atoms with Gasteiger partial charge >= 0.3 is 0 Å². The molecule has 2 aromatic rings. The van der Waals surface area contributed by atoms with Crippen molar-refractivity contribution in [2.75, 3.05) is 23.7 Å². The van der Waals surface area contributed by atoms with Crippen LogP contribution in [0.1, 0.15) is 38.7 Å². The zero-order valence-corrected chi connectivity index (χ0v) is 13.0. The summed E-state index contributed by atoms with van der Waals surface area (Å²) in [5.74, 6) is 2.22. The second-order valence-corrected chi connectivity index (χ2v) is 5.22. The monoisotopic (exact) mass is 288 g/mol. The first-order valence-electron chi connectivity index (χ1n) is 7.52. The SMILES string of the molecule is CCNc1ncnc(NCCCn2cccn2)c1C(C)C. The van der Waals surface area contributed by atoms with Crippen LogP contribution in [-0.2, 0) is 6.54 Å². The zero-order valence-electron chi connectivity index (χ0n) is 13.0. The van der Waals surface area contributed by atoms with Crippen LogP contribution in [0, 0.1) is 0 Å². The van der Waals surface area contributed by atoms with Gasteiger partial charge in [0.2, 0.25) is 0 Å². The third kappa shape index (κ3) is 4.18. The predicted molar refractivity (Wildman–Crippen MR) is 85.6 cm³/mol. The van der Waals surface area contributed by atoms with Gasteiger partial charge in [-0.05, 0) is 25.3 Å². The molecule has 0 fully saturated rings. The molecule has 0 aliphatic carbocycles. The number of nitrogens with one attached hydrogen (secondary N) is 2. The fraction of sp³-hybridized carbons (Fsp3) is 0.533. The van der Waals surface area contributed by atoms with Crippen LogP contribution in [0.4, 0.5) is 11.6 Å². The van der Waals surface area contributed by atoms with Crippen LogP contribution in [0.5, 0.6) is 0 Å². The first-order valence-corrected chi connectivity index (χ1v) is 7.52. The Bertz CT molecular complexity index is 535. The van der Waals surface area contributed by atoms with Crippen molar-refractivity contribution in [3.05, 3.63) is 30.4 Å². The Hall–Kier alpha value is -2.11. The Balaban J connectivity index is 1.96. The summed E-state index contributed by atoms with van der Waals surface area (Å²) in [7, 11) is 0. The maximum absolute atomic E-state index is 4.39. The maximum atomic E-state index is 4.39. The van der Waals surface area contributed by atoms with Crippen molar-refractivity contribution in [2.45, 2.75) is 39.7 Å². The van der Waals surface area contributed by atoms with E-state index in [1.165, 1.54) is 0 Å². The summed E-state index contributed by atoms with van der Waals surface area (Å²) in [6, 6.07) is 1.94. The Morgan fingerprint density at radius 2 is 1.95 bits per heavy atom. The van der Waals surface area contributed by atoms with E-state index < -0.39 is 0 Å². The standard InChI is InChI=1S/C15H24N6/c1-4-16-14-13(12(2)3)15(19-11-18-14)17-7-5-9-21-10-6-8-20-21/h6,8,10-12H,4-5,7,9H2,1-3H3,(H2,16,17,18,19). The summed E-state index contributed by atoms with van der Waals surface area (Å²) in [6.07, 6.45) is 6.39. The normalized spacial score (nSPS) is 10.9. The number of nitrogens with zero attached hydrogens (tertiary/aromatic N) is 4. The summed E-state index contributed by atoms with van der Waals surface area (Å²) < 4.78 is 1.94. The second kappa shape index (κ2) is 7.61.